The maximum Gasteiger partial charge on any atom is 0.119 e. The van der Waals surface area contributed by atoms with Crippen molar-refractivity contribution in [2.24, 2.45) is 0 Å². The Kier molecular flexibility index (Phi) is 10.0. The molecule has 3 heteroatoms. The minimum atomic E-state index is 0.265. The third kappa shape index (κ3) is 7.67. The fourth-order valence-electron chi connectivity index (χ4n) is 3.25. The van der Waals surface area contributed by atoms with Gasteiger partial charge in [0.15, 0.2) is 0 Å². The Hall–Kier alpha value is -1.06. The second-order valence-corrected chi connectivity index (χ2v) is 7.41. The van der Waals surface area contributed by atoms with Gasteiger partial charge in [0.2, 0.25) is 0 Å². The van der Waals surface area contributed by atoms with Crippen molar-refractivity contribution >= 4 is 0 Å². The van der Waals surface area contributed by atoms with Gasteiger partial charge in [-0.2, -0.15) is 0 Å². The van der Waals surface area contributed by atoms with Crippen LogP contribution in [-0.4, -0.2) is 45.2 Å². The first-order chi connectivity index (χ1) is 11.5. The lowest BCUT2D eigenvalue weighted by Crippen LogP contribution is -2.33. The van der Waals surface area contributed by atoms with Gasteiger partial charge in [-0.3, -0.25) is 4.90 Å². The lowest BCUT2D eigenvalue weighted by Gasteiger charge is -2.26. The number of nitrogens with one attached hydrogen (secondary N) is 1. The Balaban J connectivity index is 0.000000891. The normalized spacial score (nSPS) is 15.5. The van der Waals surface area contributed by atoms with Gasteiger partial charge in [0.1, 0.15) is 12.4 Å². The maximum atomic E-state index is 5.89. The molecule has 1 aliphatic heterocycles. The smallest absolute Gasteiger partial charge is 0.119 e. The summed E-state index contributed by atoms with van der Waals surface area (Å²) in [5.41, 5.74) is 1.67. The molecule has 0 amide bonds. The molecule has 1 aliphatic rings. The van der Waals surface area contributed by atoms with E-state index in [9.17, 15) is 0 Å². The number of benzene rings is 1. The highest BCUT2D eigenvalue weighted by Crippen LogP contribution is 2.29. The molecule has 0 aliphatic carbocycles. The van der Waals surface area contributed by atoms with Gasteiger partial charge in [0, 0.05) is 6.54 Å². The van der Waals surface area contributed by atoms with Crippen LogP contribution in [-0.2, 0) is 5.41 Å². The molecule has 3 nitrogen and oxygen atoms in total. The van der Waals surface area contributed by atoms with Crippen molar-refractivity contribution in [3.05, 3.63) is 29.8 Å². The standard InChI is InChI=1S/C19H31NO.C2H7N/c1-4-12-19(2,3)17-8-10-18(11-9-17)21-16-15-20-13-6-5-7-14-20;1-3-2/h8-11H,4-7,12-16H2,1-3H3;3H,1-2H3. The van der Waals surface area contributed by atoms with Gasteiger partial charge in [-0.05, 0) is 69.6 Å². The van der Waals surface area contributed by atoms with Gasteiger partial charge in [0.05, 0.1) is 0 Å². The summed E-state index contributed by atoms with van der Waals surface area (Å²) in [4.78, 5) is 2.52. The summed E-state index contributed by atoms with van der Waals surface area (Å²) in [6.07, 6.45) is 6.54. The van der Waals surface area contributed by atoms with Gasteiger partial charge in [0.25, 0.3) is 0 Å². The van der Waals surface area contributed by atoms with E-state index in [1.165, 1.54) is 50.8 Å². The van der Waals surface area contributed by atoms with E-state index in [4.69, 9.17) is 4.74 Å². The molecule has 0 unspecified atom stereocenters. The number of likely N-dealkylation sites (tertiary alicyclic amines) is 1. The lowest BCUT2D eigenvalue weighted by molar-refractivity contribution is 0.183. The van der Waals surface area contributed by atoms with Crippen LogP contribution >= 0.6 is 0 Å². The summed E-state index contributed by atoms with van der Waals surface area (Å²) in [7, 11) is 3.75. The zero-order valence-electron chi connectivity index (χ0n) is 16.5. The van der Waals surface area contributed by atoms with E-state index in [0.29, 0.717) is 0 Å². The van der Waals surface area contributed by atoms with Crippen molar-refractivity contribution in [2.75, 3.05) is 40.3 Å². The van der Waals surface area contributed by atoms with Crippen molar-refractivity contribution < 1.29 is 4.74 Å². The first-order valence-corrected chi connectivity index (χ1v) is 9.57. The van der Waals surface area contributed by atoms with Crippen molar-refractivity contribution in [2.45, 2.75) is 58.3 Å². The molecule has 1 fully saturated rings. The zero-order valence-corrected chi connectivity index (χ0v) is 16.5. The Morgan fingerprint density at radius 3 is 2.17 bits per heavy atom. The van der Waals surface area contributed by atoms with Crippen LogP contribution in [0, 0.1) is 0 Å². The minimum Gasteiger partial charge on any atom is -0.492 e. The molecule has 1 aromatic carbocycles. The van der Waals surface area contributed by atoms with Crippen LogP contribution in [0.25, 0.3) is 0 Å². The molecule has 0 spiro atoms. The molecule has 1 aromatic rings. The highest BCUT2D eigenvalue weighted by atomic mass is 16.5. The molecule has 1 saturated heterocycles. The van der Waals surface area contributed by atoms with Gasteiger partial charge in [-0.25, -0.2) is 0 Å². The van der Waals surface area contributed by atoms with Crippen molar-refractivity contribution in [1.29, 1.82) is 0 Å². The predicted molar refractivity (Wildman–Crippen MR) is 105 cm³/mol. The van der Waals surface area contributed by atoms with Crippen molar-refractivity contribution in [3.8, 4) is 5.75 Å². The van der Waals surface area contributed by atoms with Crippen LogP contribution in [0.5, 0.6) is 5.75 Å². The zero-order chi connectivity index (χ0) is 17.8. The van der Waals surface area contributed by atoms with E-state index in [-0.39, 0.29) is 5.41 Å². The monoisotopic (exact) mass is 334 g/mol. The summed E-state index contributed by atoms with van der Waals surface area (Å²) in [5, 5.41) is 2.75. The molecule has 24 heavy (non-hydrogen) atoms. The SMILES string of the molecule is CCCC(C)(C)c1ccc(OCCN2CCCCC2)cc1.CNC. The van der Waals surface area contributed by atoms with Gasteiger partial charge in [-0.15, -0.1) is 0 Å². The summed E-state index contributed by atoms with van der Waals surface area (Å²) in [6.45, 7) is 11.2. The third-order valence-corrected chi connectivity index (χ3v) is 4.64. The fourth-order valence-corrected chi connectivity index (χ4v) is 3.25. The number of ether oxygens (including phenoxy) is 1. The van der Waals surface area contributed by atoms with Gasteiger partial charge >= 0.3 is 0 Å². The molecule has 0 aromatic heterocycles. The van der Waals surface area contributed by atoms with E-state index in [1.54, 1.807) is 0 Å². The first kappa shape index (κ1) is 21.0. The summed E-state index contributed by atoms with van der Waals surface area (Å²) >= 11 is 0. The highest BCUT2D eigenvalue weighted by Gasteiger charge is 2.19. The average molecular weight is 335 g/mol. The predicted octanol–water partition coefficient (Wildman–Crippen LogP) is 4.46. The molecule has 2 rings (SSSR count). The van der Waals surface area contributed by atoms with E-state index in [0.717, 1.165) is 18.9 Å². The highest BCUT2D eigenvalue weighted by molar-refractivity contribution is 5.31. The fraction of sp³-hybridized carbons (Fsp3) is 0.714. The maximum absolute atomic E-state index is 5.89. The van der Waals surface area contributed by atoms with Crippen LogP contribution in [0.15, 0.2) is 24.3 Å². The van der Waals surface area contributed by atoms with Crippen LogP contribution < -0.4 is 10.1 Å². The van der Waals surface area contributed by atoms with Crippen LogP contribution in [0.2, 0.25) is 0 Å². The van der Waals surface area contributed by atoms with E-state index in [1.807, 2.05) is 14.1 Å². The number of rotatable bonds is 7. The molecular weight excluding hydrogens is 296 g/mol. The molecule has 1 N–H and O–H groups in total. The van der Waals surface area contributed by atoms with Crippen LogP contribution in [0.3, 0.4) is 0 Å². The second kappa shape index (κ2) is 11.5. The van der Waals surface area contributed by atoms with Crippen molar-refractivity contribution in [1.82, 2.24) is 10.2 Å². The summed E-state index contributed by atoms with van der Waals surface area (Å²) in [5.74, 6) is 1.00. The lowest BCUT2D eigenvalue weighted by atomic mass is 9.81. The van der Waals surface area contributed by atoms with Crippen LogP contribution in [0.4, 0.5) is 0 Å². The van der Waals surface area contributed by atoms with Gasteiger partial charge in [-0.1, -0.05) is 45.7 Å². The third-order valence-electron chi connectivity index (χ3n) is 4.64. The summed E-state index contributed by atoms with van der Waals surface area (Å²) < 4.78 is 5.89. The van der Waals surface area contributed by atoms with E-state index >= 15 is 0 Å². The molecular formula is C21H38N2O. The molecule has 1 heterocycles. The van der Waals surface area contributed by atoms with Gasteiger partial charge < -0.3 is 10.1 Å². The Morgan fingerprint density at radius 2 is 1.62 bits per heavy atom. The molecule has 0 atom stereocenters. The Labute approximate surface area is 149 Å². The Morgan fingerprint density at radius 1 is 1.04 bits per heavy atom. The minimum absolute atomic E-state index is 0.265. The van der Waals surface area contributed by atoms with Crippen LogP contribution in [0.1, 0.15) is 58.4 Å². The second-order valence-electron chi connectivity index (χ2n) is 7.41. The van der Waals surface area contributed by atoms with Crippen molar-refractivity contribution in [3.63, 3.8) is 0 Å². The molecule has 0 bridgehead atoms. The van der Waals surface area contributed by atoms with E-state index in [2.05, 4.69) is 55.3 Å². The molecule has 138 valence electrons. The number of piperidine rings is 1. The Bertz CT molecular complexity index is 422. The largest absolute Gasteiger partial charge is 0.492 e. The quantitative estimate of drug-likeness (QED) is 0.796. The summed E-state index contributed by atoms with van der Waals surface area (Å²) in [6, 6.07) is 8.71. The first-order valence-electron chi connectivity index (χ1n) is 9.57. The van der Waals surface area contributed by atoms with E-state index < -0.39 is 0 Å². The average Bonchev–Trinajstić information content (AvgIpc) is 2.57. The number of nitrogens with zero attached hydrogens (tertiary/aromatic N) is 1. The molecule has 0 saturated carbocycles. The number of hydrogen-bond acceptors (Lipinski definition) is 3. The molecule has 0 radical (unpaired) electrons. The number of hydrogen-bond donors (Lipinski definition) is 1. The topological polar surface area (TPSA) is 24.5 Å².